The van der Waals surface area contributed by atoms with Crippen molar-refractivity contribution in [3.63, 3.8) is 0 Å². The quantitative estimate of drug-likeness (QED) is 0.939. The molecule has 0 unspecified atom stereocenters. The number of anilines is 1. The van der Waals surface area contributed by atoms with Gasteiger partial charge in [-0.25, -0.2) is 4.98 Å². The third-order valence-corrected chi connectivity index (χ3v) is 3.38. The molecule has 1 heterocycles. The fourth-order valence-electron chi connectivity index (χ4n) is 1.66. The monoisotopic (exact) mass is 300 g/mol. The Hall–Kier alpha value is -1.89. The summed E-state index contributed by atoms with van der Waals surface area (Å²) in [6.45, 7) is 1.37. The molecule has 2 rings (SSSR count). The average Bonchev–Trinajstić information content (AvgIpc) is 2.75. The van der Waals surface area contributed by atoms with Gasteiger partial charge in [0.05, 0.1) is 5.56 Å². The third kappa shape index (κ3) is 3.80. The Morgan fingerprint density at radius 3 is 2.80 bits per heavy atom. The smallest absolute Gasteiger partial charge is 0.302 e. The lowest BCUT2D eigenvalue weighted by Crippen LogP contribution is -2.05. The van der Waals surface area contributed by atoms with Crippen LogP contribution in [-0.4, -0.2) is 10.9 Å². The SMILES string of the molecule is CC(=O)Nc1ncc(Cc2cccc(C(F)(F)F)c2)s1. The predicted octanol–water partition coefficient (Wildman–Crippen LogP) is 3.71. The predicted molar refractivity (Wildman–Crippen MR) is 70.7 cm³/mol. The molecule has 1 N–H and O–H groups in total. The van der Waals surface area contributed by atoms with Crippen molar-refractivity contribution >= 4 is 22.4 Å². The normalized spacial score (nSPS) is 11.4. The second-order valence-corrected chi connectivity index (χ2v) is 5.30. The maximum atomic E-state index is 12.6. The first kappa shape index (κ1) is 14.5. The molecule has 0 saturated carbocycles. The lowest BCUT2D eigenvalue weighted by atomic mass is 10.1. The van der Waals surface area contributed by atoms with Crippen LogP contribution in [0.15, 0.2) is 30.5 Å². The van der Waals surface area contributed by atoms with Gasteiger partial charge >= 0.3 is 6.18 Å². The van der Waals surface area contributed by atoms with Crippen LogP contribution in [-0.2, 0) is 17.4 Å². The van der Waals surface area contributed by atoms with Gasteiger partial charge in [-0.1, -0.05) is 18.2 Å². The minimum atomic E-state index is -4.34. The first-order chi connectivity index (χ1) is 9.34. The van der Waals surface area contributed by atoms with E-state index < -0.39 is 11.7 Å². The lowest BCUT2D eigenvalue weighted by molar-refractivity contribution is -0.137. The van der Waals surface area contributed by atoms with Gasteiger partial charge in [-0.2, -0.15) is 13.2 Å². The molecule has 1 aromatic heterocycles. The van der Waals surface area contributed by atoms with E-state index in [0.717, 1.165) is 17.0 Å². The minimum absolute atomic E-state index is 0.232. The van der Waals surface area contributed by atoms with Crippen LogP contribution in [0.4, 0.5) is 18.3 Å². The number of carbonyl (C=O) groups is 1. The Balaban J connectivity index is 2.14. The molecular weight excluding hydrogens is 289 g/mol. The topological polar surface area (TPSA) is 42.0 Å². The largest absolute Gasteiger partial charge is 0.416 e. The molecule has 20 heavy (non-hydrogen) atoms. The number of aromatic nitrogens is 1. The second kappa shape index (κ2) is 5.62. The highest BCUT2D eigenvalue weighted by Gasteiger charge is 2.30. The third-order valence-electron chi connectivity index (χ3n) is 2.47. The zero-order valence-electron chi connectivity index (χ0n) is 10.5. The van der Waals surface area contributed by atoms with Gasteiger partial charge in [0, 0.05) is 24.4 Å². The molecule has 2 aromatic rings. The van der Waals surface area contributed by atoms with Crippen molar-refractivity contribution in [3.05, 3.63) is 46.5 Å². The van der Waals surface area contributed by atoms with Crippen LogP contribution < -0.4 is 5.32 Å². The van der Waals surface area contributed by atoms with E-state index in [1.807, 2.05) is 0 Å². The Labute approximate surface area is 117 Å². The van der Waals surface area contributed by atoms with E-state index in [2.05, 4.69) is 10.3 Å². The molecule has 0 aliphatic carbocycles. The number of rotatable bonds is 3. The van der Waals surface area contributed by atoms with E-state index in [-0.39, 0.29) is 5.91 Å². The number of hydrogen-bond acceptors (Lipinski definition) is 3. The van der Waals surface area contributed by atoms with Crippen molar-refractivity contribution in [3.8, 4) is 0 Å². The zero-order valence-corrected chi connectivity index (χ0v) is 11.3. The van der Waals surface area contributed by atoms with Crippen molar-refractivity contribution in [1.82, 2.24) is 4.98 Å². The number of nitrogens with zero attached hydrogens (tertiary/aromatic N) is 1. The lowest BCUT2D eigenvalue weighted by Gasteiger charge is -2.07. The van der Waals surface area contributed by atoms with Gasteiger partial charge in [-0.05, 0) is 11.6 Å². The van der Waals surface area contributed by atoms with E-state index in [9.17, 15) is 18.0 Å². The molecular formula is C13H11F3N2OS. The Bertz CT molecular complexity index is 622. The maximum absolute atomic E-state index is 12.6. The van der Waals surface area contributed by atoms with Crippen molar-refractivity contribution < 1.29 is 18.0 Å². The highest BCUT2D eigenvalue weighted by molar-refractivity contribution is 7.15. The van der Waals surface area contributed by atoms with Gasteiger partial charge in [0.25, 0.3) is 0 Å². The van der Waals surface area contributed by atoms with Crippen LogP contribution in [0.3, 0.4) is 0 Å². The standard InChI is InChI=1S/C13H11F3N2OS/c1-8(19)18-12-17-7-11(20-12)6-9-3-2-4-10(5-9)13(14,15)16/h2-5,7H,6H2,1H3,(H,17,18,19). The zero-order chi connectivity index (χ0) is 14.8. The van der Waals surface area contributed by atoms with Crippen LogP contribution in [0.5, 0.6) is 0 Å². The molecule has 7 heteroatoms. The van der Waals surface area contributed by atoms with Gasteiger partial charge in [-0.15, -0.1) is 11.3 Å². The highest BCUT2D eigenvalue weighted by Crippen LogP contribution is 2.30. The molecule has 0 fully saturated rings. The number of halogens is 3. The average molecular weight is 300 g/mol. The molecule has 0 spiro atoms. The summed E-state index contributed by atoms with van der Waals surface area (Å²) in [5, 5.41) is 2.98. The number of nitrogens with one attached hydrogen (secondary N) is 1. The van der Waals surface area contributed by atoms with Crippen LogP contribution in [0.1, 0.15) is 22.9 Å². The molecule has 1 aromatic carbocycles. The van der Waals surface area contributed by atoms with Gasteiger partial charge in [0.15, 0.2) is 5.13 Å². The molecule has 0 radical (unpaired) electrons. The van der Waals surface area contributed by atoms with Gasteiger partial charge in [0.1, 0.15) is 0 Å². The van der Waals surface area contributed by atoms with Crippen molar-refractivity contribution in [2.45, 2.75) is 19.5 Å². The highest BCUT2D eigenvalue weighted by atomic mass is 32.1. The van der Waals surface area contributed by atoms with Gasteiger partial charge < -0.3 is 5.32 Å². The Kier molecular flexibility index (Phi) is 4.08. The Morgan fingerprint density at radius 1 is 1.40 bits per heavy atom. The van der Waals surface area contributed by atoms with E-state index >= 15 is 0 Å². The van der Waals surface area contributed by atoms with Crippen molar-refractivity contribution in [2.24, 2.45) is 0 Å². The molecule has 3 nitrogen and oxygen atoms in total. The number of thiazole rings is 1. The summed E-state index contributed by atoms with van der Waals surface area (Å²) in [6, 6.07) is 5.18. The fourth-order valence-corrected chi connectivity index (χ4v) is 2.55. The first-order valence-electron chi connectivity index (χ1n) is 5.73. The van der Waals surface area contributed by atoms with Crippen molar-refractivity contribution in [2.75, 3.05) is 5.32 Å². The molecule has 1 amide bonds. The summed E-state index contributed by atoms with van der Waals surface area (Å²) in [6.07, 6.45) is -2.44. The number of benzene rings is 1. The van der Waals surface area contributed by atoms with Gasteiger partial charge in [0.2, 0.25) is 5.91 Å². The summed E-state index contributed by atoms with van der Waals surface area (Å²) in [5.74, 6) is -0.232. The fraction of sp³-hybridized carbons (Fsp3) is 0.231. The summed E-state index contributed by atoms with van der Waals surface area (Å²) < 4.78 is 37.8. The van der Waals surface area contributed by atoms with Crippen molar-refractivity contribution in [1.29, 1.82) is 0 Å². The number of hydrogen-bond donors (Lipinski definition) is 1. The summed E-state index contributed by atoms with van der Waals surface area (Å²) in [4.78, 5) is 15.6. The van der Waals surface area contributed by atoms with Crippen LogP contribution >= 0.6 is 11.3 Å². The van der Waals surface area contributed by atoms with Crippen LogP contribution in [0.25, 0.3) is 0 Å². The molecule has 0 aliphatic heterocycles. The van der Waals surface area contributed by atoms with Crippen LogP contribution in [0.2, 0.25) is 0 Å². The number of carbonyl (C=O) groups excluding carboxylic acids is 1. The minimum Gasteiger partial charge on any atom is -0.302 e. The molecule has 0 atom stereocenters. The number of alkyl halides is 3. The second-order valence-electron chi connectivity index (χ2n) is 4.19. The molecule has 0 bridgehead atoms. The van der Waals surface area contributed by atoms with Gasteiger partial charge in [-0.3, -0.25) is 4.79 Å². The Morgan fingerprint density at radius 2 is 2.15 bits per heavy atom. The maximum Gasteiger partial charge on any atom is 0.416 e. The summed E-state index contributed by atoms with van der Waals surface area (Å²) in [7, 11) is 0. The molecule has 106 valence electrons. The first-order valence-corrected chi connectivity index (χ1v) is 6.54. The number of amides is 1. The van der Waals surface area contributed by atoms with E-state index in [4.69, 9.17) is 0 Å². The van der Waals surface area contributed by atoms with E-state index in [0.29, 0.717) is 17.1 Å². The van der Waals surface area contributed by atoms with E-state index in [1.165, 1.54) is 24.3 Å². The summed E-state index contributed by atoms with van der Waals surface area (Å²) in [5.41, 5.74) is -0.112. The van der Waals surface area contributed by atoms with Crippen LogP contribution in [0, 0.1) is 0 Å². The molecule has 0 saturated heterocycles. The summed E-state index contributed by atoms with van der Waals surface area (Å²) >= 11 is 1.25. The molecule has 0 aliphatic rings. The van der Waals surface area contributed by atoms with E-state index in [1.54, 1.807) is 12.3 Å².